The number of nitrogens with one attached hydrogen (secondary N) is 1. The quantitative estimate of drug-likeness (QED) is 0.185. The maximum Gasteiger partial charge on any atom is 0.325 e. The first-order valence-corrected chi connectivity index (χ1v) is 12.2. The molecule has 9 nitrogen and oxygen atoms in total. The fourth-order valence-corrected chi connectivity index (χ4v) is 4.02. The summed E-state index contributed by atoms with van der Waals surface area (Å²) in [5.41, 5.74) is 9.79. The molecule has 4 aromatic rings. The number of halogens is 1. The summed E-state index contributed by atoms with van der Waals surface area (Å²) in [5.74, 6) is -1.52. The number of aromatic nitrogens is 4. The Hall–Kier alpha value is -4.44. The zero-order valence-corrected chi connectivity index (χ0v) is 21.4. The van der Waals surface area contributed by atoms with E-state index in [2.05, 4.69) is 26.8 Å². The Bertz CT molecular complexity index is 1500. The minimum Gasteiger partial charge on any atom is -0.440 e. The molecule has 0 fully saturated rings. The molecule has 0 spiro atoms. The van der Waals surface area contributed by atoms with Crippen LogP contribution in [0, 0.1) is 11.9 Å². The molecule has 38 heavy (non-hydrogen) atoms. The largest absolute Gasteiger partial charge is 0.440 e. The van der Waals surface area contributed by atoms with E-state index in [1.807, 2.05) is 19.9 Å². The number of esters is 1. The van der Waals surface area contributed by atoms with Crippen LogP contribution in [-0.4, -0.2) is 37.4 Å². The first-order chi connectivity index (χ1) is 18.2. The van der Waals surface area contributed by atoms with Crippen LogP contribution in [0.25, 0.3) is 33.3 Å². The normalized spacial score (nSPS) is 13.5. The second-order valence-electron chi connectivity index (χ2n) is 9.02. The third-order valence-corrected chi connectivity index (χ3v) is 6.44. The maximum atomic E-state index is 14.0. The minimum absolute atomic E-state index is 0.0345. The van der Waals surface area contributed by atoms with E-state index in [4.69, 9.17) is 10.5 Å². The summed E-state index contributed by atoms with van der Waals surface area (Å²) in [6, 6.07) is 5.92. The predicted octanol–water partition coefficient (Wildman–Crippen LogP) is 4.86. The number of hydrogen-bond donors (Lipinski definition) is 2. The van der Waals surface area contributed by atoms with Crippen LogP contribution in [0.5, 0.6) is 0 Å². The maximum absolute atomic E-state index is 14.0. The Balaban J connectivity index is 1.78. The summed E-state index contributed by atoms with van der Waals surface area (Å²) >= 11 is 0. The number of nitrogens with two attached hydrogens (primary N) is 1. The predicted molar refractivity (Wildman–Crippen MR) is 143 cm³/mol. The molecular weight excluding hydrogens is 487 g/mol. The zero-order chi connectivity index (χ0) is 27.4. The second kappa shape index (κ2) is 11.3. The molecule has 0 radical (unpaired) electrons. The van der Waals surface area contributed by atoms with E-state index in [1.165, 1.54) is 24.5 Å². The van der Waals surface area contributed by atoms with Crippen LogP contribution in [0.1, 0.15) is 33.4 Å². The van der Waals surface area contributed by atoms with Crippen LogP contribution in [0.15, 0.2) is 67.9 Å². The number of rotatable bonds is 9. The van der Waals surface area contributed by atoms with Gasteiger partial charge in [-0.2, -0.15) is 4.39 Å². The molecule has 0 saturated carbocycles. The number of pyridine rings is 3. The van der Waals surface area contributed by atoms with Gasteiger partial charge in [-0.25, -0.2) is 9.97 Å². The van der Waals surface area contributed by atoms with Gasteiger partial charge in [0.25, 0.3) is 0 Å². The first kappa shape index (κ1) is 26.6. The highest BCUT2D eigenvalue weighted by atomic mass is 19.1. The summed E-state index contributed by atoms with van der Waals surface area (Å²) in [5, 5.41) is 3.39. The molecule has 0 aliphatic carbocycles. The van der Waals surface area contributed by atoms with Crippen LogP contribution in [-0.2, 0) is 14.3 Å². The van der Waals surface area contributed by atoms with Crippen molar-refractivity contribution in [3.05, 3.63) is 73.9 Å². The second-order valence-corrected chi connectivity index (χ2v) is 9.02. The molecule has 4 heterocycles. The lowest BCUT2D eigenvalue weighted by molar-refractivity contribution is -0.155. The van der Waals surface area contributed by atoms with Crippen molar-refractivity contribution >= 4 is 28.6 Å². The van der Waals surface area contributed by atoms with Gasteiger partial charge in [-0.1, -0.05) is 26.8 Å². The summed E-state index contributed by atoms with van der Waals surface area (Å²) in [7, 11) is 0. The lowest BCUT2D eigenvalue weighted by Gasteiger charge is -2.21. The van der Waals surface area contributed by atoms with E-state index in [9.17, 15) is 14.0 Å². The zero-order valence-electron chi connectivity index (χ0n) is 21.4. The molecule has 1 unspecified atom stereocenters. The van der Waals surface area contributed by atoms with Crippen molar-refractivity contribution in [2.75, 3.05) is 5.32 Å². The summed E-state index contributed by atoms with van der Waals surface area (Å²) in [4.78, 5) is 36.9. The summed E-state index contributed by atoms with van der Waals surface area (Å²) in [6.45, 7) is 9.04. The lowest BCUT2D eigenvalue weighted by Crippen LogP contribution is -2.38. The van der Waals surface area contributed by atoms with Crippen molar-refractivity contribution in [1.82, 2.24) is 19.5 Å². The van der Waals surface area contributed by atoms with E-state index in [0.29, 0.717) is 33.4 Å². The van der Waals surface area contributed by atoms with Gasteiger partial charge in [0.2, 0.25) is 11.9 Å². The average Bonchev–Trinajstić information content (AvgIpc) is 3.31. The molecule has 0 saturated heterocycles. The van der Waals surface area contributed by atoms with E-state index >= 15 is 0 Å². The molecular formula is C28H29FN6O3. The van der Waals surface area contributed by atoms with E-state index in [0.717, 1.165) is 12.0 Å². The number of anilines is 1. The van der Waals surface area contributed by atoms with Crippen LogP contribution in [0.2, 0.25) is 0 Å². The molecule has 0 bridgehead atoms. The number of hydrogen-bond acceptors (Lipinski definition) is 7. The lowest BCUT2D eigenvalue weighted by atomic mass is 10.0. The Morgan fingerprint density at radius 2 is 1.92 bits per heavy atom. The smallest absolute Gasteiger partial charge is 0.325 e. The highest BCUT2D eigenvalue weighted by Crippen LogP contribution is 2.35. The molecule has 3 atom stereocenters. The van der Waals surface area contributed by atoms with Gasteiger partial charge in [0, 0.05) is 52.9 Å². The number of ether oxygens (including phenoxy) is 1. The van der Waals surface area contributed by atoms with Gasteiger partial charge >= 0.3 is 5.97 Å². The summed E-state index contributed by atoms with van der Waals surface area (Å²) in [6.07, 6.45) is 9.18. The van der Waals surface area contributed by atoms with Crippen LogP contribution in [0.3, 0.4) is 0 Å². The first-order valence-electron chi connectivity index (χ1n) is 12.2. The highest BCUT2D eigenvalue weighted by Gasteiger charge is 2.25. The van der Waals surface area contributed by atoms with E-state index in [1.54, 1.807) is 42.2 Å². The molecule has 3 N–H and O–H groups in total. The van der Waals surface area contributed by atoms with Crippen LogP contribution in [0.4, 0.5) is 10.1 Å². The van der Waals surface area contributed by atoms with Crippen molar-refractivity contribution < 1.29 is 18.7 Å². The summed E-state index contributed by atoms with van der Waals surface area (Å²) < 4.78 is 21.5. The van der Waals surface area contributed by atoms with Crippen LogP contribution < -0.4 is 11.1 Å². The molecule has 4 aromatic heterocycles. The highest BCUT2D eigenvalue weighted by molar-refractivity contribution is 5.99. The van der Waals surface area contributed by atoms with Gasteiger partial charge in [-0.15, -0.1) is 0 Å². The number of nitrogens with zero attached hydrogens (tertiary/aromatic N) is 4. The Morgan fingerprint density at radius 1 is 1.16 bits per heavy atom. The van der Waals surface area contributed by atoms with Crippen molar-refractivity contribution in [3.63, 3.8) is 0 Å². The van der Waals surface area contributed by atoms with Crippen molar-refractivity contribution in [3.8, 4) is 22.3 Å². The monoisotopic (exact) mass is 516 g/mol. The van der Waals surface area contributed by atoms with E-state index < -0.39 is 24.2 Å². The molecule has 4 rings (SSSR count). The molecule has 196 valence electrons. The topological polar surface area (TPSA) is 125 Å². The SMILES string of the molecule is C=CC(=O)Nc1cncc(-c2cnc3c(c2)c(-c2ccnc(F)c2)cn3C(C)OC(=O)[C@@H](N)[C@@H](C)CC)c1. The molecule has 1 amide bonds. The van der Waals surface area contributed by atoms with Crippen LogP contribution >= 0.6 is 0 Å². The third kappa shape index (κ3) is 5.60. The molecule has 0 aliphatic heterocycles. The standard InChI is InChI=1S/C28H29FN6O3/c1-5-16(3)26(30)28(37)38-17(4)35-15-23(18-7-8-32-24(29)11-18)22-10-20(13-33-27(22)35)19-9-21(14-31-12-19)34-25(36)6-2/h6-17,26H,2,5,30H2,1,3-4H3,(H,34,36)/t16-,17?,26-/m0/s1. The fraction of sp³-hybridized carbons (Fsp3) is 0.250. The minimum atomic E-state index is -0.751. The Kier molecular flexibility index (Phi) is 7.92. The average molecular weight is 517 g/mol. The molecule has 0 aliphatic rings. The van der Waals surface area contributed by atoms with Crippen molar-refractivity contribution in [2.24, 2.45) is 11.7 Å². The van der Waals surface area contributed by atoms with Gasteiger partial charge in [-0.3, -0.25) is 19.1 Å². The molecule has 10 heteroatoms. The third-order valence-electron chi connectivity index (χ3n) is 6.44. The van der Waals surface area contributed by atoms with Crippen molar-refractivity contribution in [2.45, 2.75) is 39.5 Å². The number of carbonyl (C=O) groups is 2. The fourth-order valence-electron chi connectivity index (χ4n) is 4.02. The van der Waals surface area contributed by atoms with Gasteiger partial charge in [0.05, 0.1) is 11.9 Å². The van der Waals surface area contributed by atoms with Gasteiger partial charge in [0.1, 0.15) is 11.7 Å². The van der Waals surface area contributed by atoms with Gasteiger partial charge in [-0.05, 0) is 42.7 Å². The number of amides is 1. The van der Waals surface area contributed by atoms with Crippen molar-refractivity contribution in [1.29, 1.82) is 0 Å². The molecule has 0 aromatic carbocycles. The Labute approximate surface area is 219 Å². The number of fused-ring (bicyclic) bond motifs is 1. The van der Waals surface area contributed by atoms with Gasteiger partial charge < -0.3 is 15.8 Å². The number of carbonyl (C=O) groups excluding carboxylic acids is 2. The van der Waals surface area contributed by atoms with E-state index in [-0.39, 0.29) is 11.8 Å². The Morgan fingerprint density at radius 3 is 2.63 bits per heavy atom. The van der Waals surface area contributed by atoms with Gasteiger partial charge in [0.15, 0.2) is 6.23 Å².